The first kappa shape index (κ1) is 29.1. The van der Waals surface area contributed by atoms with Crippen molar-refractivity contribution < 1.29 is 52.9 Å². The number of carboxylic acids is 1. The number of aromatic nitrogens is 1. The van der Waals surface area contributed by atoms with E-state index >= 15 is 0 Å². The third-order valence-electron chi connectivity index (χ3n) is 6.61. The van der Waals surface area contributed by atoms with E-state index in [1.807, 2.05) is 11.8 Å². The molecule has 2 aliphatic rings. The number of carboxylic acid groups (broad SMARTS) is 1. The number of methoxy groups -OCH3 is 1. The number of nitrogens with one attached hydrogen (secondary N) is 1. The molecule has 6 N–H and O–H groups in total. The summed E-state index contributed by atoms with van der Waals surface area (Å²) in [6, 6.07) is 2.52. The molecule has 39 heavy (non-hydrogen) atoms. The maximum absolute atomic E-state index is 12.9. The van der Waals surface area contributed by atoms with E-state index in [1.54, 1.807) is 10.6 Å². The Labute approximate surface area is 221 Å². The lowest BCUT2D eigenvalue weighted by Gasteiger charge is -2.39. The summed E-state index contributed by atoms with van der Waals surface area (Å²) >= 11 is 0. The minimum atomic E-state index is -5.47. The lowest BCUT2D eigenvalue weighted by atomic mass is 9.95. The molecule has 17 heteroatoms. The van der Waals surface area contributed by atoms with Crippen molar-refractivity contribution in [3.63, 3.8) is 0 Å². The van der Waals surface area contributed by atoms with Gasteiger partial charge in [-0.1, -0.05) is 6.92 Å². The predicted molar refractivity (Wildman–Crippen MR) is 137 cm³/mol. The number of benzene rings is 1. The van der Waals surface area contributed by atoms with Crippen LogP contribution in [0.4, 0.5) is 10.5 Å². The Morgan fingerprint density at radius 3 is 2.28 bits per heavy atom. The minimum Gasteiger partial charge on any atom is -0.492 e. The predicted octanol–water partition coefficient (Wildman–Crippen LogP) is 1.62. The van der Waals surface area contributed by atoms with Crippen molar-refractivity contribution in [1.29, 1.82) is 0 Å². The molecule has 0 unspecified atom stereocenters. The highest BCUT2D eigenvalue weighted by atomic mass is 31.2. The van der Waals surface area contributed by atoms with Crippen LogP contribution in [0, 0.1) is 5.92 Å². The molecule has 2 heterocycles. The second kappa shape index (κ2) is 10.6. The number of carbonyl (C=O) groups is 2. The fraction of sp³-hybridized carbons (Fsp3) is 0.500. The van der Waals surface area contributed by atoms with Crippen LogP contribution in [0.25, 0.3) is 10.9 Å². The minimum absolute atomic E-state index is 0.0100. The number of nitrogens with zero attached hydrogens (tertiary/aromatic N) is 2. The maximum Gasteiger partial charge on any atom is 0.408 e. The molecule has 2 fully saturated rings. The van der Waals surface area contributed by atoms with Gasteiger partial charge in [0.05, 0.1) is 23.7 Å². The van der Waals surface area contributed by atoms with Gasteiger partial charge in [-0.2, -0.15) is 0 Å². The average Bonchev–Trinajstić information content (AvgIpc) is 3.65. The van der Waals surface area contributed by atoms with Gasteiger partial charge in [-0.15, -0.1) is 0 Å². The molecule has 2 aromatic rings. The van der Waals surface area contributed by atoms with E-state index < -0.39 is 44.3 Å². The van der Waals surface area contributed by atoms with Crippen molar-refractivity contribution in [2.24, 2.45) is 5.92 Å². The fourth-order valence-corrected chi connectivity index (χ4v) is 6.97. The summed E-state index contributed by atoms with van der Waals surface area (Å²) in [5.74, 6) is -1.01. The van der Waals surface area contributed by atoms with Gasteiger partial charge in [0.25, 0.3) is 0 Å². The smallest absolute Gasteiger partial charge is 0.408 e. The van der Waals surface area contributed by atoms with Crippen LogP contribution in [-0.2, 0) is 13.9 Å². The SMILES string of the molecule is COc1c(N2C[C@@H](C)C[C@H](NC(=O)OC(P(=O)(O)O)P(=O)(O)O)C2)ccc2c(=O)c(C(=O)O)cn(C3CC3)c12. The van der Waals surface area contributed by atoms with Crippen LogP contribution in [0.5, 0.6) is 5.75 Å². The molecule has 1 aromatic carbocycles. The van der Waals surface area contributed by atoms with E-state index in [1.165, 1.54) is 19.4 Å². The summed E-state index contributed by atoms with van der Waals surface area (Å²) < 4.78 is 34.8. The molecule has 1 saturated heterocycles. The Morgan fingerprint density at radius 2 is 1.74 bits per heavy atom. The Kier molecular flexibility index (Phi) is 7.87. The summed E-state index contributed by atoms with van der Waals surface area (Å²) in [5.41, 5.74) is -2.91. The van der Waals surface area contributed by atoms with E-state index in [9.17, 15) is 48.2 Å². The second-order valence-electron chi connectivity index (χ2n) is 9.83. The largest absolute Gasteiger partial charge is 0.492 e. The summed E-state index contributed by atoms with van der Waals surface area (Å²) in [7, 11) is -9.51. The summed E-state index contributed by atoms with van der Waals surface area (Å²) in [6.07, 6.45) is 1.97. The van der Waals surface area contributed by atoms with Gasteiger partial charge >= 0.3 is 32.8 Å². The molecule has 2 atom stereocenters. The molecular formula is C22H29N3O12P2. The number of hydrogen-bond acceptors (Lipinski definition) is 8. The van der Waals surface area contributed by atoms with E-state index in [2.05, 4.69) is 10.1 Å². The van der Waals surface area contributed by atoms with Gasteiger partial charge in [0.2, 0.25) is 5.43 Å². The molecule has 0 spiro atoms. The van der Waals surface area contributed by atoms with Crippen LogP contribution in [0.2, 0.25) is 0 Å². The van der Waals surface area contributed by atoms with E-state index in [0.717, 1.165) is 12.8 Å². The number of carbonyl (C=O) groups excluding carboxylic acids is 1. The van der Waals surface area contributed by atoms with E-state index in [4.69, 9.17) is 4.74 Å². The number of hydrogen-bond donors (Lipinski definition) is 6. The van der Waals surface area contributed by atoms with Gasteiger partial charge < -0.3 is 48.9 Å². The number of anilines is 1. The lowest BCUT2D eigenvalue weighted by Crippen LogP contribution is -2.51. The summed E-state index contributed by atoms with van der Waals surface area (Å²) in [6.45, 7) is 2.56. The van der Waals surface area contributed by atoms with Crippen LogP contribution in [0.3, 0.4) is 0 Å². The number of ether oxygens (including phenoxy) is 2. The van der Waals surface area contributed by atoms with Crippen LogP contribution in [0.1, 0.15) is 42.6 Å². The molecule has 1 amide bonds. The van der Waals surface area contributed by atoms with Crippen LogP contribution < -0.4 is 20.4 Å². The third kappa shape index (κ3) is 6.13. The highest BCUT2D eigenvalue weighted by Crippen LogP contribution is 2.60. The van der Waals surface area contributed by atoms with Crippen molar-refractivity contribution >= 4 is 43.8 Å². The van der Waals surface area contributed by atoms with Gasteiger partial charge in [-0.25, -0.2) is 9.59 Å². The van der Waals surface area contributed by atoms with Crippen molar-refractivity contribution in [3.8, 4) is 5.75 Å². The molecule has 0 bridgehead atoms. The molecule has 15 nitrogen and oxygen atoms in total. The molecule has 4 rings (SSSR count). The van der Waals surface area contributed by atoms with Gasteiger partial charge in [-0.3, -0.25) is 13.9 Å². The molecule has 214 valence electrons. The highest BCUT2D eigenvalue weighted by Gasteiger charge is 2.47. The van der Waals surface area contributed by atoms with Gasteiger partial charge in [0.15, 0.2) is 5.75 Å². The standard InChI is InChI=1S/C22H29N3O12P2/c1-11-7-12(23-21(29)37-22(38(30,31)32)39(33,34)35)9-24(8-11)16-6-5-14-17(19(16)36-2)25(13-3-4-13)10-15(18(14)26)20(27)28/h5-6,10-13,22H,3-4,7-9H2,1-2H3,(H,23,29)(H,27,28)(H2,30,31,32)(H2,33,34,35)/t11-,12-/m0/s1. The molecular weight excluding hydrogens is 560 g/mol. The van der Waals surface area contributed by atoms with E-state index in [-0.39, 0.29) is 29.5 Å². The quantitative estimate of drug-likeness (QED) is 0.241. The van der Waals surface area contributed by atoms with Crippen molar-refractivity contribution in [3.05, 3.63) is 34.1 Å². The summed E-state index contributed by atoms with van der Waals surface area (Å²) in [5, 5.41) is 12.1. The van der Waals surface area contributed by atoms with E-state index in [0.29, 0.717) is 29.9 Å². The number of aromatic carboxylic acids is 1. The Hall–Kier alpha value is -2.93. The molecule has 1 aromatic heterocycles. The van der Waals surface area contributed by atoms with Crippen molar-refractivity contribution in [1.82, 2.24) is 9.88 Å². The Morgan fingerprint density at radius 1 is 1.10 bits per heavy atom. The zero-order valence-corrected chi connectivity index (χ0v) is 22.7. The lowest BCUT2D eigenvalue weighted by molar-refractivity contribution is 0.0694. The zero-order chi connectivity index (χ0) is 28.9. The number of rotatable bonds is 8. The Balaban J connectivity index is 1.66. The number of piperidine rings is 1. The molecule has 1 saturated carbocycles. The third-order valence-corrected chi connectivity index (χ3v) is 9.78. The van der Waals surface area contributed by atoms with Crippen molar-refractivity contribution in [2.45, 2.75) is 43.9 Å². The Bertz CT molecular complexity index is 1440. The van der Waals surface area contributed by atoms with Crippen LogP contribution in [-0.4, -0.2) is 73.1 Å². The first-order valence-corrected chi connectivity index (χ1v) is 15.3. The fourth-order valence-electron chi connectivity index (χ4n) is 4.93. The molecule has 1 aliphatic carbocycles. The first-order chi connectivity index (χ1) is 18.1. The number of amides is 1. The molecule has 1 aliphatic heterocycles. The number of alkyl carbamates (subject to hydrolysis) is 1. The van der Waals surface area contributed by atoms with Gasteiger partial charge in [0, 0.05) is 31.4 Å². The van der Waals surface area contributed by atoms with Crippen LogP contribution in [0.15, 0.2) is 23.1 Å². The van der Waals surface area contributed by atoms with Gasteiger partial charge in [0.1, 0.15) is 5.56 Å². The zero-order valence-electron chi connectivity index (χ0n) is 21.0. The molecule has 0 radical (unpaired) electrons. The maximum atomic E-state index is 12.9. The average molecular weight is 589 g/mol. The monoisotopic (exact) mass is 589 g/mol. The van der Waals surface area contributed by atoms with Crippen LogP contribution >= 0.6 is 15.2 Å². The highest BCUT2D eigenvalue weighted by molar-refractivity contribution is 7.70. The number of fused-ring (bicyclic) bond motifs is 1. The second-order valence-corrected chi connectivity index (χ2v) is 13.5. The van der Waals surface area contributed by atoms with Crippen molar-refractivity contribution in [2.75, 3.05) is 25.1 Å². The summed E-state index contributed by atoms with van der Waals surface area (Å²) in [4.78, 5) is 75.7. The van der Waals surface area contributed by atoms with Gasteiger partial charge in [-0.05, 0) is 37.3 Å². The first-order valence-electron chi connectivity index (χ1n) is 11.9. The number of pyridine rings is 1. The normalized spacial score (nSPS) is 20.2. The topological polar surface area (TPSA) is 225 Å².